The summed E-state index contributed by atoms with van der Waals surface area (Å²) in [6.07, 6.45) is 0.689. The van der Waals surface area contributed by atoms with Crippen LogP contribution in [-0.2, 0) is 16.0 Å². The quantitative estimate of drug-likeness (QED) is 0.793. The van der Waals surface area contributed by atoms with Crippen molar-refractivity contribution >= 4 is 28.8 Å². The summed E-state index contributed by atoms with van der Waals surface area (Å²) in [5.74, 6) is -0.402. The molecule has 2 rings (SSSR count). The van der Waals surface area contributed by atoms with Crippen LogP contribution in [0.15, 0.2) is 35.0 Å². The van der Waals surface area contributed by atoms with E-state index in [-0.39, 0.29) is 0 Å². The number of methoxy groups -OCH3 is 2. The minimum Gasteiger partial charge on any atom is -0.497 e. The summed E-state index contributed by atoms with van der Waals surface area (Å²) in [6, 6.07) is 6.91. The van der Waals surface area contributed by atoms with Gasteiger partial charge < -0.3 is 20.1 Å². The Kier molecular flexibility index (Phi) is 5.99. The highest BCUT2D eigenvalue weighted by atomic mass is 32.1. The minimum atomic E-state index is -0.737. The number of amides is 2. The van der Waals surface area contributed by atoms with E-state index in [0.29, 0.717) is 30.2 Å². The van der Waals surface area contributed by atoms with Gasteiger partial charge in [-0.2, -0.15) is 11.3 Å². The second-order valence-corrected chi connectivity index (χ2v) is 5.44. The van der Waals surface area contributed by atoms with Crippen molar-refractivity contribution < 1.29 is 19.1 Å². The van der Waals surface area contributed by atoms with E-state index >= 15 is 0 Å². The fourth-order valence-corrected chi connectivity index (χ4v) is 2.62. The highest BCUT2D eigenvalue weighted by Crippen LogP contribution is 2.28. The summed E-state index contributed by atoms with van der Waals surface area (Å²) in [4.78, 5) is 23.7. The predicted molar refractivity (Wildman–Crippen MR) is 89.2 cm³/mol. The van der Waals surface area contributed by atoms with E-state index in [1.165, 1.54) is 14.2 Å². The Bertz CT molecular complexity index is 671. The number of carbonyl (C=O) groups is 2. The zero-order chi connectivity index (χ0) is 16.7. The molecule has 7 heteroatoms. The normalized spacial score (nSPS) is 10.0. The fraction of sp³-hybridized carbons (Fsp3) is 0.250. The number of benzene rings is 1. The average molecular weight is 334 g/mol. The zero-order valence-electron chi connectivity index (χ0n) is 12.9. The van der Waals surface area contributed by atoms with Crippen molar-refractivity contribution in [1.82, 2.24) is 5.32 Å². The van der Waals surface area contributed by atoms with Crippen LogP contribution in [-0.4, -0.2) is 32.6 Å². The molecule has 0 aliphatic rings. The Morgan fingerprint density at radius 3 is 2.61 bits per heavy atom. The fourth-order valence-electron chi connectivity index (χ4n) is 1.92. The molecule has 0 saturated carbocycles. The number of carbonyl (C=O) groups excluding carboxylic acids is 2. The van der Waals surface area contributed by atoms with Gasteiger partial charge in [0.25, 0.3) is 0 Å². The average Bonchev–Trinajstić information content (AvgIpc) is 3.08. The van der Waals surface area contributed by atoms with Crippen molar-refractivity contribution in [3.05, 3.63) is 40.6 Å². The molecular weight excluding hydrogens is 316 g/mol. The third-order valence-electron chi connectivity index (χ3n) is 3.14. The van der Waals surface area contributed by atoms with Crippen molar-refractivity contribution in [3.63, 3.8) is 0 Å². The first kappa shape index (κ1) is 16.8. The molecule has 1 aromatic heterocycles. The molecule has 0 spiro atoms. The first-order valence-corrected chi connectivity index (χ1v) is 7.90. The summed E-state index contributed by atoms with van der Waals surface area (Å²) in [7, 11) is 3.01. The third-order valence-corrected chi connectivity index (χ3v) is 3.87. The van der Waals surface area contributed by atoms with Gasteiger partial charge in [0.15, 0.2) is 0 Å². The lowest BCUT2D eigenvalue weighted by Crippen LogP contribution is -2.36. The Morgan fingerprint density at radius 1 is 1.13 bits per heavy atom. The van der Waals surface area contributed by atoms with E-state index in [2.05, 4.69) is 10.6 Å². The molecule has 0 fully saturated rings. The summed E-state index contributed by atoms with van der Waals surface area (Å²) >= 11 is 1.60. The number of rotatable bonds is 6. The smallest absolute Gasteiger partial charge is 0.313 e. The van der Waals surface area contributed by atoms with E-state index < -0.39 is 11.8 Å². The molecule has 0 saturated heterocycles. The van der Waals surface area contributed by atoms with Crippen LogP contribution in [0.25, 0.3) is 0 Å². The Hall–Kier alpha value is -2.54. The van der Waals surface area contributed by atoms with Crippen molar-refractivity contribution in [1.29, 1.82) is 0 Å². The molecule has 0 radical (unpaired) electrons. The van der Waals surface area contributed by atoms with Gasteiger partial charge in [0, 0.05) is 12.6 Å². The topological polar surface area (TPSA) is 76.7 Å². The molecule has 0 unspecified atom stereocenters. The van der Waals surface area contributed by atoms with Crippen LogP contribution in [0.1, 0.15) is 5.56 Å². The molecule has 2 aromatic rings. The van der Waals surface area contributed by atoms with Crippen LogP contribution in [0.5, 0.6) is 11.5 Å². The van der Waals surface area contributed by atoms with Gasteiger partial charge in [-0.05, 0) is 40.9 Å². The maximum atomic E-state index is 11.9. The van der Waals surface area contributed by atoms with E-state index in [1.54, 1.807) is 29.5 Å². The van der Waals surface area contributed by atoms with Gasteiger partial charge in [-0.3, -0.25) is 9.59 Å². The lowest BCUT2D eigenvalue weighted by atomic mass is 10.2. The number of nitrogens with one attached hydrogen (secondary N) is 2. The van der Waals surface area contributed by atoms with Gasteiger partial charge >= 0.3 is 11.8 Å². The van der Waals surface area contributed by atoms with Crippen molar-refractivity contribution in [2.24, 2.45) is 0 Å². The number of anilines is 1. The summed E-state index contributed by atoms with van der Waals surface area (Å²) in [5.41, 5.74) is 1.54. The molecule has 6 nitrogen and oxygen atoms in total. The lowest BCUT2D eigenvalue weighted by Gasteiger charge is -2.11. The Labute approximate surface area is 138 Å². The summed E-state index contributed by atoms with van der Waals surface area (Å²) in [6.45, 7) is 0.405. The highest BCUT2D eigenvalue weighted by molar-refractivity contribution is 7.07. The first-order chi connectivity index (χ1) is 11.1. The molecule has 2 amide bonds. The van der Waals surface area contributed by atoms with Crippen LogP contribution in [0.2, 0.25) is 0 Å². The SMILES string of the molecule is COc1ccc(NC(=O)C(=O)NCCc2ccsc2)c(OC)c1. The number of thiophene rings is 1. The van der Waals surface area contributed by atoms with Crippen LogP contribution in [0.4, 0.5) is 5.69 Å². The summed E-state index contributed by atoms with van der Waals surface area (Å²) < 4.78 is 10.3. The third kappa shape index (κ3) is 4.72. The standard InChI is InChI=1S/C16H18N2O4S/c1-21-12-3-4-13(14(9-12)22-2)18-16(20)15(19)17-7-5-11-6-8-23-10-11/h3-4,6,8-10H,5,7H2,1-2H3,(H,17,19)(H,18,20). The highest BCUT2D eigenvalue weighted by Gasteiger charge is 2.15. The zero-order valence-corrected chi connectivity index (χ0v) is 13.7. The van der Waals surface area contributed by atoms with Crippen LogP contribution < -0.4 is 20.1 Å². The number of ether oxygens (including phenoxy) is 2. The summed E-state index contributed by atoms with van der Waals surface area (Å²) in [5, 5.41) is 9.10. The van der Waals surface area contributed by atoms with Crippen LogP contribution >= 0.6 is 11.3 Å². The van der Waals surface area contributed by atoms with Crippen molar-refractivity contribution in [2.75, 3.05) is 26.1 Å². The second-order valence-electron chi connectivity index (χ2n) is 4.66. The van der Waals surface area contributed by atoms with Gasteiger partial charge in [0.1, 0.15) is 11.5 Å². The van der Waals surface area contributed by atoms with E-state index in [4.69, 9.17) is 9.47 Å². The van der Waals surface area contributed by atoms with Gasteiger partial charge in [-0.15, -0.1) is 0 Å². The van der Waals surface area contributed by atoms with Crippen LogP contribution in [0.3, 0.4) is 0 Å². The Morgan fingerprint density at radius 2 is 1.96 bits per heavy atom. The molecule has 0 aliphatic carbocycles. The van der Waals surface area contributed by atoms with Crippen molar-refractivity contribution in [2.45, 2.75) is 6.42 Å². The number of hydrogen-bond donors (Lipinski definition) is 2. The van der Waals surface area contributed by atoms with Gasteiger partial charge in [-0.25, -0.2) is 0 Å². The van der Waals surface area contributed by atoms with Gasteiger partial charge in [-0.1, -0.05) is 0 Å². The lowest BCUT2D eigenvalue weighted by molar-refractivity contribution is -0.136. The largest absolute Gasteiger partial charge is 0.497 e. The molecular formula is C16H18N2O4S. The first-order valence-electron chi connectivity index (χ1n) is 6.96. The minimum absolute atomic E-state index is 0.405. The monoisotopic (exact) mass is 334 g/mol. The van der Waals surface area contributed by atoms with Gasteiger partial charge in [0.2, 0.25) is 0 Å². The Balaban J connectivity index is 1.89. The predicted octanol–water partition coefficient (Wildman–Crippen LogP) is 2.06. The molecule has 2 N–H and O–H groups in total. The van der Waals surface area contributed by atoms with E-state index in [0.717, 1.165) is 5.56 Å². The van der Waals surface area contributed by atoms with Crippen LogP contribution in [0, 0.1) is 0 Å². The van der Waals surface area contributed by atoms with E-state index in [9.17, 15) is 9.59 Å². The van der Waals surface area contributed by atoms with Crippen molar-refractivity contribution in [3.8, 4) is 11.5 Å². The van der Waals surface area contributed by atoms with Gasteiger partial charge in [0.05, 0.1) is 19.9 Å². The number of hydrogen-bond acceptors (Lipinski definition) is 5. The van der Waals surface area contributed by atoms with E-state index in [1.807, 2.05) is 16.8 Å². The molecule has 0 bridgehead atoms. The molecule has 1 aromatic carbocycles. The maximum absolute atomic E-state index is 11.9. The maximum Gasteiger partial charge on any atom is 0.313 e. The second kappa shape index (κ2) is 8.19. The molecule has 0 atom stereocenters. The molecule has 1 heterocycles. The molecule has 0 aliphatic heterocycles. The molecule has 122 valence electrons. The molecule has 23 heavy (non-hydrogen) atoms.